The molecule has 4 rings (SSSR count). The highest BCUT2D eigenvalue weighted by atomic mass is 16.5. The van der Waals surface area contributed by atoms with Crippen LogP contribution in [0.15, 0.2) is 59.7 Å². The maximum atomic E-state index is 12.5. The van der Waals surface area contributed by atoms with Crippen molar-refractivity contribution in [1.82, 2.24) is 10.2 Å². The predicted molar refractivity (Wildman–Crippen MR) is 116 cm³/mol. The SMILES string of the molecule is CC1=NN(c2ccc(C(=O)NCC3CN(Cc4ccccc4)C(=O)CO3)cc2)C(=O)C1. The molecule has 2 aliphatic rings. The van der Waals surface area contributed by atoms with Crippen molar-refractivity contribution in [2.45, 2.75) is 26.0 Å². The molecule has 1 saturated heterocycles. The van der Waals surface area contributed by atoms with Crippen molar-refractivity contribution in [2.75, 3.05) is 24.7 Å². The molecule has 0 spiro atoms. The third-order valence-electron chi connectivity index (χ3n) is 5.21. The van der Waals surface area contributed by atoms with Crippen molar-refractivity contribution in [1.29, 1.82) is 0 Å². The lowest BCUT2D eigenvalue weighted by Crippen LogP contribution is -2.50. The van der Waals surface area contributed by atoms with Crippen LogP contribution in [0, 0.1) is 0 Å². The summed E-state index contributed by atoms with van der Waals surface area (Å²) in [5.74, 6) is -0.385. The smallest absolute Gasteiger partial charge is 0.253 e. The molecular weight excluding hydrogens is 396 g/mol. The highest BCUT2D eigenvalue weighted by Crippen LogP contribution is 2.21. The molecule has 2 aromatic carbocycles. The van der Waals surface area contributed by atoms with E-state index in [9.17, 15) is 14.4 Å². The van der Waals surface area contributed by atoms with E-state index in [1.165, 1.54) is 5.01 Å². The molecule has 0 radical (unpaired) electrons. The number of morpholine rings is 1. The van der Waals surface area contributed by atoms with Gasteiger partial charge in [-0.2, -0.15) is 5.10 Å². The van der Waals surface area contributed by atoms with Crippen molar-refractivity contribution < 1.29 is 19.1 Å². The molecule has 31 heavy (non-hydrogen) atoms. The lowest BCUT2D eigenvalue weighted by molar-refractivity contribution is -0.149. The van der Waals surface area contributed by atoms with E-state index in [0.29, 0.717) is 37.3 Å². The van der Waals surface area contributed by atoms with Crippen molar-refractivity contribution in [3.05, 3.63) is 65.7 Å². The Labute approximate surface area is 180 Å². The van der Waals surface area contributed by atoms with Crippen LogP contribution in [0.4, 0.5) is 5.69 Å². The Balaban J connectivity index is 1.31. The molecule has 0 saturated carbocycles. The molecule has 0 aromatic heterocycles. The molecule has 3 amide bonds. The molecule has 8 nitrogen and oxygen atoms in total. The molecule has 1 atom stereocenters. The van der Waals surface area contributed by atoms with Gasteiger partial charge in [-0.15, -0.1) is 0 Å². The van der Waals surface area contributed by atoms with Crippen molar-refractivity contribution in [3.63, 3.8) is 0 Å². The molecule has 1 N–H and O–H groups in total. The quantitative estimate of drug-likeness (QED) is 0.773. The van der Waals surface area contributed by atoms with Gasteiger partial charge in [0, 0.05) is 30.9 Å². The molecule has 160 valence electrons. The van der Waals surface area contributed by atoms with Gasteiger partial charge in [-0.1, -0.05) is 30.3 Å². The molecule has 8 heteroatoms. The molecule has 0 bridgehead atoms. The summed E-state index contributed by atoms with van der Waals surface area (Å²) in [5, 5.41) is 8.42. The number of hydrogen-bond acceptors (Lipinski definition) is 5. The van der Waals surface area contributed by atoms with Gasteiger partial charge in [0.15, 0.2) is 0 Å². The minimum Gasteiger partial charge on any atom is -0.365 e. The molecule has 2 aliphatic heterocycles. The average molecular weight is 420 g/mol. The zero-order valence-electron chi connectivity index (χ0n) is 17.3. The number of ether oxygens (including phenoxy) is 1. The van der Waals surface area contributed by atoms with Crippen LogP contribution in [0.3, 0.4) is 0 Å². The van der Waals surface area contributed by atoms with Crippen LogP contribution in [0.5, 0.6) is 0 Å². The Kier molecular flexibility index (Phi) is 6.08. The number of carbonyl (C=O) groups is 3. The van der Waals surface area contributed by atoms with E-state index in [1.54, 1.807) is 29.2 Å². The molecule has 2 heterocycles. The van der Waals surface area contributed by atoms with Gasteiger partial charge in [-0.3, -0.25) is 14.4 Å². The Bertz CT molecular complexity index is 1000. The predicted octanol–water partition coefficient (Wildman–Crippen LogP) is 1.96. The van der Waals surface area contributed by atoms with Crippen LogP contribution in [0.1, 0.15) is 29.3 Å². The average Bonchev–Trinajstić information content (AvgIpc) is 3.12. The minimum absolute atomic E-state index is 0.00582. The summed E-state index contributed by atoms with van der Waals surface area (Å²) < 4.78 is 5.59. The summed E-state index contributed by atoms with van der Waals surface area (Å²) in [6.07, 6.45) is 0.0390. The van der Waals surface area contributed by atoms with Crippen LogP contribution < -0.4 is 10.3 Å². The number of hydrazone groups is 1. The Morgan fingerprint density at radius 1 is 1.10 bits per heavy atom. The van der Waals surface area contributed by atoms with Gasteiger partial charge < -0.3 is 15.0 Å². The van der Waals surface area contributed by atoms with Gasteiger partial charge in [0.2, 0.25) is 5.91 Å². The van der Waals surface area contributed by atoms with Gasteiger partial charge in [0.1, 0.15) is 6.61 Å². The second-order valence-corrected chi connectivity index (χ2v) is 7.67. The second kappa shape index (κ2) is 9.09. The van der Waals surface area contributed by atoms with Crippen LogP contribution in [-0.4, -0.2) is 54.1 Å². The third-order valence-corrected chi connectivity index (χ3v) is 5.21. The maximum absolute atomic E-state index is 12.5. The first-order chi connectivity index (χ1) is 15.0. The summed E-state index contributed by atoms with van der Waals surface area (Å²) in [6, 6.07) is 16.5. The summed E-state index contributed by atoms with van der Waals surface area (Å²) >= 11 is 0. The monoisotopic (exact) mass is 420 g/mol. The lowest BCUT2D eigenvalue weighted by atomic mass is 10.1. The van der Waals surface area contributed by atoms with E-state index in [4.69, 9.17) is 4.74 Å². The number of nitrogens with zero attached hydrogens (tertiary/aromatic N) is 3. The first-order valence-corrected chi connectivity index (χ1v) is 10.2. The maximum Gasteiger partial charge on any atom is 0.253 e. The zero-order chi connectivity index (χ0) is 21.8. The topological polar surface area (TPSA) is 91.3 Å². The zero-order valence-corrected chi connectivity index (χ0v) is 17.3. The Morgan fingerprint density at radius 2 is 1.84 bits per heavy atom. The normalized spacial score (nSPS) is 18.9. The largest absolute Gasteiger partial charge is 0.365 e. The van der Waals surface area contributed by atoms with E-state index < -0.39 is 0 Å². The lowest BCUT2D eigenvalue weighted by Gasteiger charge is -2.33. The summed E-state index contributed by atoms with van der Waals surface area (Å²) in [7, 11) is 0. The van der Waals surface area contributed by atoms with Crippen LogP contribution in [0.2, 0.25) is 0 Å². The van der Waals surface area contributed by atoms with E-state index >= 15 is 0 Å². The fourth-order valence-electron chi connectivity index (χ4n) is 3.58. The highest BCUT2D eigenvalue weighted by Gasteiger charge is 2.27. The Hall–Kier alpha value is -3.52. The van der Waals surface area contributed by atoms with Crippen LogP contribution in [0.25, 0.3) is 0 Å². The number of benzene rings is 2. The standard InChI is InChI=1S/C23H24N4O4/c1-16-11-21(28)27(25-16)19-9-7-18(8-10-19)23(30)24-12-20-14-26(22(29)15-31-20)13-17-5-3-2-4-6-17/h2-10,20H,11-15H2,1H3,(H,24,30). The highest BCUT2D eigenvalue weighted by molar-refractivity contribution is 6.12. The van der Waals surface area contributed by atoms with Crippen LogP contribution in [-0.2, 0) is 20.9 Å². The number of anilines is 1. The second-order valence-electron chi connectivity index (χ2n) is 7.67. The van der Waals surface area contributed by atoms with Gasteiger partial charge in [-0.25, -0.2) is 5.01 Å². The molecule has 1 unspecified atom stereocenters. The summed E-state index contributed by atoms with van der Waals surface area (Å²) in [5.41, 5.74) is 2.92. The molecule has 0 aliphatic carbocycles. The van der Waals surface area contributed by atoms with Gasteiger partial charge in [-0.05, 0) is 36.8 Å². The van der Waals surface area contributed by atoms with Crippen molar-refractivity contribution in [2.24, 2.45) is 5.10 Å². The molecular formula is C23H24N4O4. The van der Waals surface area contributed by atoms with E-state index in [-0.39, 0.29) is 30.4 Å². The summed E-state index contributed by atoms with van der Waals surface area (Å²) in [4.78, 5) is 38.4. The minimum atomic E-state index is -0.274. The van der Waals surface area contributed by atoms with E-state index in [1.807, 2.05) is 37.3 Å². The Morgan fingerprint density at radius 3 is 2.52 bits per heavy atom. The number of nitrogens with one attached hydrogen (secondary N) is 1. The number of hydrogen-bond donors (Lipinski definition) is 1. The van der Waals surface area contributed by atoms with Crippen molar-refractivity contribution in [3.8, 4) is 0 Å². The van der Waals surface area contributed by atoms with E-state index in [0.717, 1.165) is 11.3 Å². The van der Waals surface area contributed by atoms with Crippen molar-refractivity contribution >= 4 is 29.1 Å². The van der Waals surface area contributed by atoms with Crippen LogP contribution >= 0.6 is 0 Å². The fourth-order valence-corrected chi connectivity index (χ4v) is 3.58. The third kappa shape index (κ3) is 4.97. The number of amides is 3. The summed E-state index contributed by atoms with van der Waals surface area (Å²) in [6.45, 7) is 3.05. The number of carbonyl (C=O) groups excluding carboxylic acids is 3. The van der Waals surface area contributed by atoms with Gasteiger partial charge in [0.25, 0.3) is 11.8 Å². The van der Waals surface area contributed by atoms with Gasteiger partial charge in [0.05, 0.1) is 18.2 Å². The number of rotatable bonds is 6. The van der Waals surface area contributed by atoms with E-state index in [2.05, 4.69) is 10.4 Å². The molecule has 2 aromatic rings. The fraction of sp³-hybridized carbons (Fsp3) is 0.304. The first kappa shape index (κ1) is 20.7. The van der Waals surface area contributed by atoms with Gasteiger partial charge >= 0.3 is 0 Å². The molecule has 1 fully saturated rings. The first-order valence-electron chi connectivity index (χ1n) is 10.2.